The van der Waals surface area contributed by atoms with Crippen LogP contribution in [0.5, 0.6) is 0 Å². The van der Waals surface area contributed by atoms with Crippen LogP contribution < -0.4 is 11.3 Å². The zero-order valence-electron chi connectivity index (χ0n) is 8.26. The number of hydrogen-bond acceptors (Lipinski definition) is 4. The van der Waals surface area contributed by atoms with Crippen molar-refractivity contribution in [2.75, 3.05) is 0 Å². The molecule has 1 unspecified atom stereocenters. The molecule has 0 radical (unpaired) electrons. The van der Waals surface area contributed by atoms with Crippen molar-refractivity contribution < 1.29 is 0 Å². The Morgan fingerprint density at radius 1 is 1.40 bits per heavy atom. The van der Waals surface area contributed by atoms with Gasteiger partial charge in [0.15, 0.2) is 0 Å². The summed E-state index contributed by atoms with van der Waals surface area (Å²) in [7, 11) is 0. The molecule has 0 aliphatic rings. The van der Waals surface area contributed by atoms with Gasteiger partial charge in [-0.25, -0.2) is 0 Å². The Morgan fingerprint density at radius 3 is 2.93 bits per heavy atom. The first kappa shape index (κ1) is 10.3. The molecule has 2 rings (SSSR count). The standard InChI is InChI=1S/C11H13N3S/c12-14-11(9-4-6-15-8-9)7-10-3-1-2-5-13-10/h1-6,8,11,14H,7,12H2. The van der Waals surface area contributed by atoms with Crippen LogP contribution in [0.25, 0.3) is 0 Å². The van der Waals surface area contributed by atoms with Crippen LogP contribution in [0.2, 0.25) is 0 Å². The van der Waals surface area contributed by atoms with E-state index >= 15 is 0 Å². The highest BCUT2D eigenvalue weighted by atomic mass is 32.1. The highest BCUT2D eigenvalue weighted by molar-refractivity contribution is 7.07. The van der Waals surface area contributed by atoms with Crippen LogP contribution in [0, 0.1) is 0 Å². The van der Waals surface area contributed by atoms with Gasteiger partial charge in [0.2, 0.25) is 0 Å². The molecule has 3 nitrogen and oxygen atoms in total. The number of nitrogens with two attached hydrogens (primary N) is 1. The second-order valence-corrected chi connectivity index (χ2v) is 4.08. The normalized spacial score (nSPS) is 12.6. The van der Waals surface area contributed by atoms with Gasteiger partial charge in [0, 0.05) is 18.3 Å². The van der Waals surface area contributed by atoms with E-state index in [4.69, 9.17) is 5.84 Å². The lowest BCUT2D eigenvalue weighted by molar-refractivity contribution is 0.547. The summed E-state index contributed by atoms with van der Waals surface area (Å²) in [5.74, 6) is 5.54. The van der Waals surface area contributed by atoms with Gasteiger partial charge in [-0.1, -0.05) is 6.07 Å². The van der Waals surface area contributed by atoms with Gasteiger partial charge in [-0.2, -0.15) is 11.3 Å². The van der Waals surface area contributed by atoms with E-state index in [-0.39, 0.29) is 6.04 Å². The Kier molecular flexibility index (Phi) is 3.45. The average molecular weight is 219 g/mol. The van der Waals surface area contributed by atoms with Gasteiger partial charge in [0.05, 0.1) is 6.04 Å². The molecule has 0 aromatic carbocycles. The van der Waals surface area contributed by atoms with E-state index in [2.05, 4.69) is 27.2 Å². The van der Waals surface area contributed by atoms with Crippen molar-refractivity contribution in [2.24, 2.45) is 5.84 Å². The number of nitrogens with zero attached hydrogens (tertiary/aromatic N) is 1. The van der Waals surface area contributed by atoms with Crippen LogP contribution >= 0.6 is 11.3 Å². The maximum atomic E-state index is 5.54. The van der Waals surface area contributed by atoms with Crippen molar-refractivity contribution >= 4 is 11.3 Å². The molecule has 2 aromatic rings. The molecule has 0 aliphatic carbocycles. The molecule has 78 valence electrons. The number of hydrogen-bond donors (Lipinski definition) is 2. The molecule has 2 heterocycles. The lowest BCUT2D eigenvalue weighted by Gasteiger charge is -2.13. The van der Waals surface area contributed by atoms with Crippen molar-refractivity contribution in [3.8, 4) is 0 Å². The predicted molar refractivity (Wildman–Crippen MR) is 62.3 cm³/mol. The highest BCUT2D eigenvalue weighted by Crippen LogP contribution is 2.18. The molecule has 15 heavy (non-hydrogen) atoms. The third kappa shape index (κ3) is 2.62. The zero-order valence-corrected chi connectivity index (χ0v) is 9.08. The van der Waals surface area contributed by atoms with Crippen molar-refractivity contribution in [2.45, 2.75) is 12.5 Å². The van der Waals surface area contributed by atoms with Crippen LogP contribution in [-0.4, -0.2) is 4.98 Å². The molecule has 0 spiro atoms. The van der Waals surface area contributed by atoms with Gasteiger partial charge < -0.3 is 0 Å². The predicted octanol–water partition coefficient (Wildman–Crippen LogP) is 1.89. The third-order valence-electron chi connectivity index (χ3n) is 2.29. The number of thiophene rings is 1. The first-order valence-electron chi connectivity index (χ1n) is 4.78. The molecule has 0 amide bonds. The summed E-state index contributed by atoms with van der Waals surface area (Å²) < 4.78 is 0. The summed E-state index contributed by atoms with van der Waals surface area (Å²) in [5.41, 5.74) is 5.08. The number of nitrogens with one attached hydrogen (secondary N) is 1. The van der Waals surface area contributed by atoms with Crippen LogP contribution in [-0.2, 0) is 6.42 Å². The number of pyridine rings is 1. The fourth-order valence-electron chi connectivity index (χ4n) is 1.47. The van der Waals surface area contributed by atoms with Gasteiger partial charge in [-0.3, -0.25) is 16.3 Å². The summed E-state index contributed by atoms with van der Waals surface area (Å²) >= 11 is 1.68. The molecular weight excluding hydrogens is 206 g/mol. The largest absolute Gasteiger partial charge is 0.271 e. The van der Waals surface area contributed by atoms with Gasteiger partial charge in [0.1, 0.15) is 0 Å². The van der Waals surface area contributed by atoms with E-state index in [0.29, 0.717) is 0 Å². The van der Waals surface area contributed by atoms with Gasteiger partial charge in [0.25, 0.3) is 0 Å². The molecule has 0 bridgehead atoms. The van der Waals surface area contributed by atoms with E-state index in [1.54, 1.807) is 17.5 Å². The monoisotopic (exact) mass is 219 g/mol. The summed E-state index contributed by atoms with van der Waals surface area (Å²) in [6, 6.07) is 8.14. The summed E-state index contributed by atoms with van der Waals surface area (Å²) in [4.78, 5) is 4.28. The first-order chi connectivity index (χ1) is 7.40. The summed E-state index contributed by atoms with van der Waals surface area (Å²) in [6.07, 6.45) is 2.62. The molecule has 4 heteroatoms. The van der Waals surface area contributed by atoms with E-state index < -0.39 is 0 Å². The Morgan fingerprint density at radius 2 is 2.33 bits per heavy atom. The Balaban J connectivity index is 2.10. The van der Waals surface area contributed by atoms with Crippen molar-refractivity contribution in [1.29, 1.82) is 0 Å². The minimum atomic E-state index is 0.145. The van der Waals surface area contributed by atoms with Crippen molar-refractivity contribution in [3.05, 3.63) is 52.5 Å². The maximum absolute atomic E-state index is 5.54. The molecule has 0 saturated heterocycles. The van der Waals surface area contributed by atoms with E-state index in [1.165, 1.54) is 5.56 Å². The van der Waals surface area contributed by atoms with E-state index in [0.717, 1.165) is 12.1 Å². The molecule has 3 N–H and O–H groups in total. The molecular formula is C11H13N3S. The fraction of sp³-hybridized carbons (Fsp3) is 0.182. The molecule has 0 aliphatic heterocycles. The lowest BCUT2D eigenvalue weighted by atomic mass is 10.1. The first-order valence-corrected chi connectivity index (χ1v) is 5.72. The minimum absolute atomic E-state index is 0.145. The smallest absolute Gasteiger partial charge is 0.0523 e. The highest BCUT2D eigenvalue weighted by Gasteiger charge is 2.10. The second-order valence-electron chi connectivity index (χ2n) is 3.30. The van der Waals surface area contributed by atoms with Gasteiger partial charge in [-0.05, 0) is 34.5 Å². The Bertz CT molecular complexity index is 385. The van der Waals surface area contributed by atoms with Crippen molar-refractivity contribution in [1.82, 2.24) is 10.4 Å². The van der Waals surface area contributed by atoms with E-state index in [9.17, 15) is 0 Å². The van der Waals surface area contributed by atoms with Crippen LogP contribution in [0.4, 0.5) is 0 Å². The zero-order chi connectivity index (χ0) is 10.5. The Labute approximate surface area is 92.9 Å². The van der Waals surface area contributed by atoms with Crippen LogP contribution in [0.1, 0.15) is 17.3 Å². The Hall–Kier alpha value is -1.23. The molecule has 0 fully saturated rings. The fourth-order valence-corrected chi connectivity index (χ4v) is 2.19. The molecule has 2 aromatic heterocycles. The number of rotatable bonds is 4. The molecule has 1 atom stereocenters. The third-order valence-corrected chi connectivity index (χ3v) is 2.99. The summed E-state index contributed by atoms with van der Waals surface area (Å²) in [6.45, 7) is 0. The van der Waals surface area contributed by atoms with E-state index in [1.807, 2.05) is 18.2 Å². The number of hydrazine groups is 1. The second kappa shape index (κ2) is 5.02. The molecule has 0 saturated carbocycles. The van der Waals surface area contributed by atoms with Gasteiger partial charge in [-0.15, -0.1) is 0 Å². The number of aromatic nitrogens is 1. The quantitative estimate of drug-likeness (QED) is 0.610. The minimum Gasteiger partial charge on any atom is -0.271 e. The van der Waals surface area contributed by atoms with Gasteiger partial charge >= 0.3 is 0 Å². The van der Waals surface area contributed by atoms with Crippen LogP contribution in [0.3, 0.4) is 0 Å². The summed E-state index contributed by atoms with van der Waals surface area (Å²) in [5, 5.41) is 4.16. The topological polar surface area (TPSA) is 50.9 Å². The van der Waals surface area contributed by atoms with Crippen LogP contribution in [0.15, 0.2) is 41.2 Å². The maximum Gasteiger partial charge on any atom is 0.0523 e. The SMILES string of the molecule is NNC(Cc1ccccn1)c1ccsc1. The lowest BCUT2D eigenvalue weighted by Crippen LogP contribution is -2.29. The van der Waals surface area contributed by atoms with Crippen molar-refractivity contribution in [3.63, 3.8) is 0 Å². The average Bonchev–Trinajstić information content (AvgIpc) is 2.81.